The summed E-state index contributed by atoms with van der Waals surface area (Å²) in [6.07, 6.45) is 12.1. The second-order valence-corrected chi connectivity index (χ2v) is 7.13. The van der Waals surface area contributed by atoms with E-state index < -0.39 is 0 Å². The van der Waals surface area contributed by atoms with Crippen LogP contribution in [-0.4, -0.2) is 48.8 Å². The smallest absolute Gasteiger partial charge is 0.0697 e. The molecule has 3 nitrogen and oxygen atoms in total. The minimum absolute atomic E-state index is 0.256. The number of nitrogens with zero attached hydrogens (tertiary/aromatic N) is 1. The van der Waals surface area contributed by atoms with Crippen molar-refractivity contribution in [2.75, 3.05) is 26.2 Å². The van der Waals surface area contributed by atoms with Gasteiger partial charge in [-0.1, -0.05) is 26.2 Å². The molecule has 3 aliphatic rings. The van der Waals surface area contributed by atoms with E-state index in [1.54, 1.807) is 0 Å². The van der Waals surface area contributed by atoms with E-state index in [0.29, 0.717) is 0 Å². The van der Waals surface area contributed by atoms with Crippen molar-refractivity contribution in [3.63, 3.8) is 0 Å². The molecule has 3 heteroatoms. The van der Waals surface area contributed by atoms with Crippen LogP contribution in [-0.2, 0) is 4.74 Å². The number of likely N-dealkylation sites (tertiary alicyclic amines) is 1. The largest absolute Gasteiger partial charge is 0.375 e. The molecule has 0 aromatic heterocycles. The summed E-state index contributed by atoms with van der Waals surface area (Å²) in [6.45, 7) is 6.89. The second-order valence-electron chi connectivity index (χ2n) is 7.13. The van der Waals surface area contributed by atoms with Gasteiger partial charge in [-0.15, -0.1) is 0 Å². The maximum absolute atomic E-state index is 6.26. The van der Waals surface area contributed by atoms with Crippen LogP contribution in [0.2, 0.25) is 0 Å². The molecule has 0 aromatic rings. The summed E-state index contributed by atoms with van der Waals surface area (Å²) in [7, 11) is 0. The van der Waals surface area contributed by atoms with E-state index >= 15 is 0 Å². The first kappa shape index (κ1) is 14.8. The Bertz CT molecular complexity index is 294. The number of likely N-dealkylation sites (N-methyl/N-ethyl adjacent to an activating group) is 1. The lowest BCUT2D eigenvalue weighted by Crippen LogP contribution is -2.54. The van der Waals surface area contributed by atoms with E-state index in [1.165, 1.54) is 70.9 Å². The zero-order valence-corrected chi connectivity index (χ0v) is 13.2. The van der Waals surface area contributed by atoms with E-state index in [1.807, 2.05) is 0 Å². The highest BCUT2D eigenvalue weighted by Crippen LogP contribution is 2.40. The van der Waals surface area contributed by atoms with E-state index in [0.717, 1.165) is 25.2 Å². The summed E-state index contributed by atoms with van der Waals surface area (Å²) in [4.78, 5) is 2.77. The predicted molar refractivity (Wildman–Crippen MR) is 83.1 cm³/mol. The van der Waals surface area contributed by atoms with Gasteiger partial charge >= 0.3 is 0 Å². The Labute approximate surface area is 124 Å². The average Bonchev–Trinajstić information content (AvgIpc) is 2.49. The maximum atomic E-state index is 6.26. The zero-order valence-electron chi connectivity index (χ0n) is 13.2. The van der Waals surface area contributed by atoms with Crippen LogP contribution in [0.15, 0.2) is 0 Å². The summed E-state index contributed by atoms with van der Waals surface area (Å²) in [6, 6.07) is 1.50. The molecule has 1 aliphatic carbocycles. The Morgan fingerprint density at radius 2 is 2.00 bits per heavy atom. The molecule has 2 aliphatic heterocycles. The van der Waals surface area contributed by atoms with Crippen LogP contribution in [0.25, 0.3) is 0 Å². The second kappa shape index (κ2) is 6.76. The van der Waals surface area contributed by atoms with Crippen LogP contribution in [0, 0.1) is 0 Å². The molecule has 0 radical (unpaired) electrons. The molecule has 0 bridgehead atoms. The summed E-state index contributed by atoms with van der Waals surface area (Å²) in [5.74, 6) is 0. The maximum Gasteiger partial charge on any atom is 0.0697 e. The number of piperidine rings is 1. The van der Waals surface area contributed by atoms with Gasteiger partial charge in [-0.3, -0.25) is 4.90 Å². The molecule has 1 spiro atoms. The third-order valence-corrected chi connectivity index (χ3v) is 5.69. The van der Waals surface area contributed by atoms with Crippen LogP contribution < -0.4 is 5.32 Å². The Hall–Kier alpha value is -0.120. The first-order chi connectivity index (χ1) is 9.81. The number of hydrogen-bond donors (Lipinski definition) is 1. The predicted octanol–water partition coefficient (Wildman–Crippen LogP) is 2.94. The molecule has 116 valence electrons. The van der Waals surface area contributed by atoms with Crippen LogP contribution >= 0.6 is 0 Å². The highest BCUT2D eigenvalue weighted by atomic mass is 16.5. The monoisotopic (exact) mass is 280 g/mol. The van der Waals surface area contributed by atoms with Gasteiger partial charge in [-0.25, -0.2) is 0 Å². The fourth-order valence-corrected chi connectivity index (χ4v) is 4.65. The molecule has 1 N–H and O–H groups in total. The lowest BCUT2D eigenvalue weighted by atomic mass is 9.77. The molecule has 2 saturated heterocycles. The highest BCUT2D eigenvalue weighted by Gasteiger charge is 2.40. The molecule has 2 heterocycles. The minimum atomic E-state index is 0.256. The molecular weight excluding hydrogens is 248 g/mol. The average molecular weight is 280 g/mol. The number of hydrogen-bond acceptors (Lipinski definition) is 3. The fourth-order valence-electron chi connectivity index (χ4n) is 4.65. The van der Waals surface area contributed by atoms with Crippen LogP contribution in [0.4, 0.5) is 0 Å². The van der Waals surface area contributed by atoms with Gasteiger partial charge in [0.2, 0.25) is 0 Å². The summed E-state index contributed by atoms with van der Waals surface area (Å²) >= 11 is 0. The summed E-state index contributed by atoms with van der Waals surface area (Å²) < 4.78 is 6.26. The van der Waals surface area contributed by atoms with Crippen molar-refractivity contribution in [3.05, 3.63) is 0 Å². The number of rotatable bonds is 3. The van der Waals surface area contributed by atoms with Crippen molar-refractivity contribution in [1.29, 1.82) is 0 Å². The number of ether oxygens (including phenoxy) is 1. The van der Waals surface area contributed by atoms with Crippen LogP contribution in [0.5, 0.6) is 0 Å². The molecule has 0 amide bonds. The highest BCUT2D eigenvalue weighted by molar-refractivity contribution is 4.94. The Morgan fingerprint density at radius 3 is 2.80 bits per heavy atom. The Kier molecular flexibility index (Phi) is 5.00. The van der Waals surface area contributed by atoms with Crippen molar-refractivity contribution in [3.8, 4) is 0 Å². The van der Waals surface area contributed by atoms with Gasteiger partial charge in [0.25, 0.3) is 0 Å². The normalized spacial score (nSPS) is 35.2. The van der Waals surface area contributed by atoms with Crippen molar-refractivity contribution in [1.82, 2.24) is 10.2 Å². The van der Waals surface area contributed by atoms with Gasteiger partial charge < -0.3 is 10.1 Å². The number of nitrogens with one attached hydrogen (secondary N) is 1. The summed E-state index contributed by atoms with van der Waals surface area (Å²) in [5, 5.41) is 3.65. The van der Waals surface area contributed by atoms with Crippen LogP contribution in [0.3, 0.4) is 0 Å². The molecule has 20 heavy (non-hydrogen) atoms. The molecule has 1 saturated carbocycles. The molecule has 2 unspecified atom stereocenters. The summed E-state index contributed by atoms with van der Waals surface area (Å²) in [5.41, 5.74) is 0.256. The van der Waals surface area contributed by atoms with Crippen molar-refractivity contribution < 1.29 is 4.74 Å². The first-order valence-electron chi connectivity index (χ1n) is 8.93. The van der Waals surface area contributed by atoms with Gasteiger partial charge in [0.15, 0.2) is 0 Å². The molecular formula is C17H32N2O. The van der Waals surface area contributed by atoms with E-state index in [2.05, 4.69) is 17.1 Å². The third kappa shape index (κ3) is 3.37. The van der Waals surface area contributed by atoms with Crippen molar-refractivity contribution in [2.45, 2.75) is 82.4 Å². The first-order valence-corrected chi connectivity index (χ1v) is 8.93. The standard InChI is InChI=1S/C17H32N2O/c1-2-18-15-7-6-11-19(14-15)16-8-12-20-17(13-16)9-4-3-5-10-17/h15-16,18H,2-14H2,1H3. The van der Waals surface area contributed by atoms with Gasteiger partial charge in [0, 0.05) is 25.2 Å². The van der Waals surface area contributed by atoms with E-state index in [-0.39, 0.29) is 5.60 Å². The minimum Gasteiger partial charge on any atom is -0.375 e. The zero-order chi connectivity index (χ0) is 13.8. The van der Waals surface area contributed by atoms with Crippen molar-refractivity contribution >= 4 is 0 Å². The molecule has 3 fully saturated rings. The third-order valence-electron chi connectivity index (χ3n) is 5.69. The lowest BCUT2D eigenvalue weighted by Gasteiger charge is -2.48. The molecule has 3 rings (SSSR count). The molecule has 2 atom stereocenters. The Balaban J connectivity index is 1.58. The molecule has 0 aromatic carbocycles. The van der Waals surface area contributed by atoms with Crippen LogP contribution in [0.1, 0.15) is 64.7 Å². The van der Waals surface area contributed by atoms with Crippen molar-refractivity contribution in [2.24, 2.45) is 0 Å². The fraction of sp³-hybridized carbons (Fsp3) is 1.00. The van der Waals surface area contributed by atoms with Gasteiger partial charge in [0.1, 0.15) is 0 Å². The SMILES string of the molecule is CCNC1CCCN(C2CCOC3(CCCCC3)C2)C1. The lowest BCUT2D eigenvalue weighted by molar-refractivity contribution is -0.126. The van der Waals surface area contributed by atoms with Gasteiger partial charge in [-0.05, 0) is 51.6 Å². The van der Waals surface area contributed by atoms with Gasteiger partial charge in [-0.2, -0.15) is 0 Å². The topological polar surface area (TPSA) is 24.5 Å². The quantitative estimate of drug-likeness (QED) is 0.860. The Morgan fingerprint density at radius 1 is 1.15 bits per heavy atom. The van der Waals surface area contributed by atoms with Gasteiger partial charge in [0.05, 0.1) is 5.60 Å². The van der Waals surface area contributed by atoms with E-state index in [4.69, 9.17) is 4.74 Å². The van der Waals surface area contributed by atoms with E-state index in [9.17, 15) is 0 Å².